The molecule has 76 valence electrons. The van der Waals surface area contributed by atoms with E-state index in [0.717, 1.165) is 0 Å². The highest BCUT2D eigenvalue weighted by Crippen LogP contribution is 2.11. The number of Topliss-reactive ketones (excluding diaryl/α,β-unsaturated/α-hetero) is 1. The molecule has 0 heterocycles. The van der Waals surface area contributed by atoms with Gasteiger partial charge in [-0.05, 0) is 20.9 Å². The van der Waals surface area contributed by atoms with E-state index in [1.54, 1.807) is 27.8 Å². The van der Waals surface area contributed by atoms with Crippen LogP contribution in [0.5, 0.6) is 0 Å². The fourth-order valence-corrected chi connectivity index (χ4v) is 0.773. The number of rotatable bonds is 5. The second kappa shape index (κ2) is 4.37. The van der Waals surface area contributed by atoms with Gasteiger partial charge in [0.2, 0.25) is 5.91 Å². The minimum Gasteiger partial charge on any atom is -0.369 e. The molecular weight excluding hydrogens is 168 g/mol. The molecule has 4 heteroatoms. The van der Waals surface area contributed by atoms with E-state index < -0.39 is 11.4 Å². The van der Waals surface area contributed by atoms with E-state index in [4.69, 9.17) is 5.73 Å². The molecule has 1 amide bonds. The summed E-state index contributed by atoms with van der Waals surface area (Å²) in [6.45, 7) is 5.22. The number of nitrogens with one attached hydrogen (secondary N) is 1. The maximum Gasteiger partial charge on any atom is 0.220 e. The first-order valence-electron chi connectivity index (χ1n) is 4.32. The van der Waals surface area contributed by atoms with Gasteiger partial charge < -0.3 is 11.1 Å². The molecule has 0 aromatic heterocycles. The van der Waals surface area contributed by atoms with Gasteiger partial charge in [0, 0.05) is 12.3 Å². The Balaban J connectivity index is 4.23. The highest BCUT2D eigenvalue weighted by molar-refractivity contribution is 5.91. The van der Waals surface area contributed by atoms with Gasteiger partial charge in [-0.1, -0.05) is 6.92 Å². The summed E-state index contributed by atoms with van der Waals surface area (Å²) in [7, 11) is 1.72. The standard InChI is InChI=1S/C9H18N2O2/c1-6(8(10)13)5-7(12)9(2,3)11-4/h6,11H,5H2,1-4H3,(H2,10,13)/t6-/m0/s1. The van der Waals surface area contributed by atoms with Crippen molar-refractivity contribution < 1.29 is 9.59 Å². The Labute approximate surface area is 78.9 Å². The number of likely N-dealkylation sites (N-methyl/N-ethyl adjacent to an activating group) is 1. The van der Waals surface area contributed by atoms with Gasteiger partial charge in [0.25, 0.3) is 0 Å². The molecule has 0 aliphatic heterocycles. The number of hydrogen-bond donors (Lipinski definition) is 2. The monoisotopic (exact) mass is 186 g/mol. The average molecular weight is 186 g/mol. The minimum absolute atomic E-state index is 0.00120. The van der Waals surface area contributed by atoms with Crippen molar-refractivity contribution in [2.24, 2.45) is 11.7 Å². The number of ketones is 1. The minimum atomic E-state index is -0.580. The molecule has 1 atom stereocenters. The first-order valence-corrected chi connectivity index (χ1v) is 4.32. The predicted molar refractivity (Wildman–Crippen MR) is 51.1 cm³/mol. The van der Waals surface area contributed by atoms with Gasteiger partial charge in [-0.15, -0.1) is 0 Å². The molecule has 0 aromatic carbocycles. The smallest absolute Gasteiger partial charge is 0.220 e. The molecule has 0 spiro atoms. The van der Waals surface area contributed by atoms with E-state index in [1.807, 2.05) is 0 Å². The van der Waals surface area contributed by atoms with Crippen LogP contribution in [0.3, 0.4) is 0 Å². The van der Waals surface area contributed by atoms with Crippen LogP contribution >= 0.6 is 0 Å². The number of hydrogen-bond acceptors (Lipinski definition) is 3. The van der Waals surface area contributed by atoms with Crippen LogP contribution in [0, 0.1) is 5.92 Å². The lowest BCUT2D eigenvalue weighted by molar-refractivity contribution is -0.129. The van der Waals surface area contributed by atoms with Crippen molar-refractivity contribution >= 4 is 11.7 Å². The lowest BCUT2D eigenvalue weighted by atomic mass is 9.91. The fraction of sp³-hybridized carbons (Fsp3) is 0.778. The highest BCUT2D eigenvalue weighted by Gasteiger charge is 2.27. The Kier molecular flexibility index (Phi) is 4.07. The SMILES string of the molecule is CNC(C)(C)C(=O)C[C@H](C)C(N)=O. The quantitative estimate of drug-likeness (QED) is 0.638. The number of carbonyl (C=O) groups excluding carboxylic acids is 2. The van der Waals surface area contributed by atoms with Crippen LogP contribution in [0.4, 0.5) is 0 Å². The molecule has 13 heavy (non-hydrogen) atoms. The lowest BCUT2D eigenvalue weighted by Crippen LogP contribution is -2.45. The second-order valence-corrected chi connectivity index (χ2v) is 3.81. The van der Waals surface area contributed by atoms with Gasteiger partial charge in [-0.25, -0.2) is 0 Å². The van der Waals surface area contributed by atoms with E-state index in [1.165, 1.54) is 0 Å². The van der Waals surface area contributed by atoms with Gasteiger partial charge in [0.05, 0.1) is 5.54 Å². The molecular formula is C9H18N2O2. The number of carbonyl (C=O) groups is 2. The third kappa shape index (κ3) is 3.55. The number of amides is 1. The number of primary amides is 1. The van der Waals surface area contributed by atoms with Crippen LogP contribution < -0.4 is 11.1 Å². The van der Waals surface area contributed by atoms with Crippen LogP contribution in [-0.2, 0) is 9.59 Å². The Morgan fingerprint density at radius 3 is 2.23 bits per heavy atom. The van der Waals surface area contributed by atoms with Gasteiger partial charge in [-0.3, -0.25) is 9.59 Å². The zero-order valence-corrected chi connectivity index (χ0v) is 8.68. The maximum absolute atomic E-state index is 11.5. The molecule has 0 saturated carbocycles. The Bertz CT molecular complexity index is 212. The highest BCUT2D eigenvalue weighted by atomic mass is 16.1. The molecule has 0 rings (SSSR count). The molecule has 4 nitrogen and oxygen atoms in total. The van der Waals surface area contributed by atoms with Crippen LogP contribution in [0.2, 0.25) is 0 Å². The third-order valence-corrected chi connectivity index (χ3v) is 2.30. The summed E-state index contributed by atoms with van der Waals surface area (Å²) in [5.41, 5.74) is 4.48. The largest absolute Gasteiger partial charge is 0.369 e. The van der Waals surface area contributed by atoms with Crippen LogP contribution in [0.1, 0.15) is 27.2 Å². The predicted octanol–water partition coefficient (Wildman–Crippen LogP) is 0.0650. The van der Waals surface area contributed by atoms with Crippen LogP contribution in [-0.4, -0.2) is 24.3 Å². The molecule has 0 aliphatic carbocycles. The topological polar surface area (TPSA) is 72.2 Å². The zero-order valence-electron chi connectivity index (χ0n) is 8.68. The van der Waals surface area contributed by atoms with Crippen molar-refractivity contribution in [1.29, 1.82) is 0 Å². The molecule has 3 N–H and O–H groups in total. The van der Waals surface area contributed by atoms with Crippen LogP contribution in [0.25, 0.3) is 0 Å². The van der Waals surface area contributed by atoms with Gasteiger partial charge in [0.1, 0.15) is 0 Å². The van der Waals surface area contributed by atoms with E-state index in [-0.39, 0.29) is 18.1 Å². The van der Waals surface area contributed by atoms with Crippen LogP contribution in [0.15, 0.2) is 0 Å². The molecule has 0 saturated heterocycles. The summed E-state index contributed by atoms with van der Waals surface area (Å²) >= 11 is 0. The van der Waals surface area contributed by atoms with E-state index >= 15 is 0 Å². The van der Waals surface area contributed by atoms with Crippen molar-refractivity contribution in [1.82, 2.24) is 5.32 Å². The molecule has 0 aliphatic rings. The van der Waals surface area contributed by atoms with Crippen molar-refractivity contribution in [2.45, 2.75) is 32.7 Å². The Morgan fingerprint density at radius 1 is 1.46 bits per heavy atom. The number of nitrogens with two attached hydrogens (primary N) is 1. The summed E-state index contributed by atoms with van der Waals surface area (Å²) in [5, 5.41) is 2.88. The first kappa shape index (κ1) is 12.1. The fourth-order valence-electron chi connectivity index (χ4n) is 0.773. The molecule has 0 radical (unpaired) electrons. The summed E-state index contributed by atoms with van der Waals surface area (Å²) in [4.78, 5) is 22.2. The normalized spacial score (nSPS) is 13.8. The summed E-state index contributed by atoms with van der Waals surface area (Å²) < 4.78 is 0. The van der Waals surface area contributed by atoms with Gasteiger partial charge in [-0.2, -0.15) is 0 Å². The third-order valence-electron chi connectivity index (χ3n) is 2.30. The zero-order chi connectivity index (χ0) is 10.6. The van der Waals surface area contributed by atoms with Crippen molar-refractivity contribution in [3.63, 3.8) is 0 Å². The van der Waals surface area contributed by atoms with E-state index in [9.17, 15) is 9.59 Å². The second-order valence-electron chi connectivity index (χ2n) is 3.81. The van der Waals surface area contributed by atoms with E-state index in [2.05, 4.69) is 5.32 Å². The van der Waals surface area contributed by atoms with E-state index in [0.29, 0.717) is 0 Å². The average Bonchev–Trinajstić information content (AvgIpc) is 2.04. The summed E-state index contributed by atoms with van der Waals surface area (Å²) in [6, 6.07) is 0. The van der Waals surface area contributed by atoms with Crippen molar-refractivity contribution in [2.75, 3.05) is 7.05 Å². The first-order chi connectivity index (χ1) is 5.81. The van der Waals surface area contributed by atoms with Gasteiger partial charge >= 0.3 is 0 Å². The van der Waals surface area contributed by atoms with Crippen molar-refractivity contribution in [3.8, 4) is 0 Å². The molecule has 0 aromatic rings. The Morgan fingerprint density at radius 2 is 1.92 bits per heavy atom. The maximum atomic E-state index is 11.5. The lowest BCUT2D eigenvalue weighted by Gasteiger charge is -2.23. The molecule has 0 unspecified atom stereocenters. The molecule has 0 fully saturated rings. The Hall–Kier alpha value is -0.900. The molecule has 0 bridgehead atoms. The van der Waals surface area contributed by atoms with Crippen molar-refractivity contribution in [3.05, 3.63) is 0 Å². The summed E-state index contributed by atoms with van der Waals surface area (Å²) in [5.74, 6) is -0.818. The summed E-state index contributed by atoms with van der Waals surface area (Å²) in [6.07, 6.45) is 0.198. The van der Waals surface area contributed by atoms with Gasteiger partial charge in [0.15, 0.2) is 5.78 Å².